The van der Waals surface area contributed by atoms with E-state index in [-0.39, 0.29) is 18.4 Å². The van der Waals surface area contributed by atoms with Crippen molar-refractivity contribution in [3.63, 3.8) is 0 Å². The first-order valence-corrected chi connectivity index (χ1v) is 4.40. The van der Waals surface area contributed by atoms with Crippen LogP contribution in [0.1, 0.15) is 17.7 Å². The number of hydrogen-bond acceptors (Lipinski definition) is 3. The third-order valence-electron chi connectivity index (χ3n) is 2.04. The molecule has 0 bridgehead atoms. The number of nitrogens with zero attached hydrogens (tertiary/aromatic N) is 1. The molecule has 0 spiro atoms. The van der Waals surface area contributed by atoms with Crippen LogP contribution in [0.25, 0.3) is 0 Å². The van der Waals surface area contributed by atoms with Crippen molar-refractivity contribution in [2.75, 3.05) is 0 Å². The Bertz CT molecular complexity index is 375. The molecule has 0 radical (unpaired) electrons. The highest BCUT2D eigenvalue weighted by molar-refractivity contribution is 5.73. The van der Waals surface area contributed by atoms with Crippen LogP contribution in [0.5, 0.6) is 0 Å². The van der Waals surface area contributed by atoms with E-state index < -0.39 is 23.9 Å². The molecule has 0 saturated carbocycles. The summed E-state index contributed by atoms with van der Waals surface area (Å²) in [6.07, 6.45) is -3.65. The summed E-state index contributed by atoms with van der Waals surface area (Å²) >= 11 is 0. The summed E-state index contributed by atoms with van der Waals surface area (Å²) in [6.45, 7) is 0. The van der Waals surface area contributed by atoms with E-state index in [0.29, 0.717) is 0 Å². The second-order valence-electron chi connectivity index (χ2n) is 3.25. The molecule has 0 fully saturated rings. The Labute approximate surface area is 88.4 Å². The Morgan fingerprint density at radius 3 is 2.75 bits per heavy atom. The Morgan fingerprint density at radius 1 is 1.62 bits per heavy atom. The zero-order chi connectivity index (χ0) is 12.3. The van der Waals surface area contributed by atoms with Crippen molar-refractivity contribution in [3.8, 4) is 0 Å². The van der Waals surface area contributed by atoms with Crippen molar-refractivity contribution in [2.45, 2.75) is 25.1 Å². The van der Waals surface area contributed by atoms with Crippen molar-refractivity contribution in [3.05, 3.63) is 17.5 Å². The summed E-state index contributed by atoms with van der Waals surface area (Å²) < 4.78 is 37.0. The molecule has 0 aliphatic rings. The molecule has 8 heteroatoms. The number of nitrogens with one attached hydrogen (secondary N) is 1. The normalized spacial score (nSPS) is 13.8. The number of aromatic nitrogens is 2. The van der Waals surface area contributed by atoms with Crippen molar-refractivity contribution in [1.29, 1.82) is 0 Å². The molecule has 0 saturated heterocycles. The molecule has 5 nitrogen and oxygen atoms in total. The molecule has 1 aromatic rings. The third kappa shape index (κ3) is 2.96. The number of aromatic amines is 1. The van der Waals surface area contributed by atoms with Crippen LogP contribution in [-0.2, 0) is 17.4 Å². The van der Waals surface area contributed by atoms with E-state index in [4.69, 9.17) is 10.8 Å². The minimum atomic E-state index is -4.51. The fraction of sp³-hybridized carbons (Fsp3) is 0.500. The first-order chi connectivity index (χ1) is 7.32. The number of hydrogen-bond donors (Lipinski definition) is 3. The second-order valence-corrected chi connectivity index (χ2v) is 3.25. The summed E-state index contributed by atoms with van der Waals surface area (Å²) in [7, 11) is 0. The second kappa shape index (κ2) is 4.52. The molecule has 0 unspecified atom stereocenters. The van der Waals surface area contributed by atoms with Gasteiger partial charge in [0.05, 0.1) is 6.20 Å². The van der Waals surface area contributed by atoms with Gasteiger partial charge in [-0.15, -0.1) is 0 Å². The highest BCUT2D eigenvalue weighted by Gasteiger charge is 2.35. The number of rotatable bonds is 4. The number of nitrogens with two attached hydrogens (primary N) is 1. The predicted molar refractivity (Wildman–Crippen MR) is 47.5 cm³/mol. The number of halogens is 3. The summed E-state index contributed by atoms with van der Waals surface area (Å²) in [5.41, 5.74) is 4.15. The predicted octanol–water partition coefficient (Wildman–Crippen LogP) is 0.773. The first kappa shape index (κ1) is 12.5. The lowest BCUT2D eigenvalue weighted by atomic mass is 10.1. The van der Waals surface area contributed by atoms with Gasteiger partial charge in [-0.25, -0.2) is 0 Å². The Balaban J connectivity index is 2.68. The number of carboxylic acid groups (broad SMARTS) is 1. The monoisotopic (exact) mass is 237 g/mol. The van der Waals surface area contributed by atoms with Gasteiger partial charge in [-0.1, -0.05) is 0 Å². The van der Waals surface area contributed by atoms with Gasteiger partial charge < -0.3 is 10.8 Å². The van der Waals surface area contributed by atoms with Gasteiger partial charge in [-0.3, -0.25) is 9.89 Å². The van der Waals surface area contributed by atoms with Crippen molar-refractivity contribution < 1.29 is 23.1 Å². The van der Waals surface area contributed by atoms with E-state index in [1.54, 1.807) is 0 Å². The van der Waals surface area contributed by atoms with E-state index >= 15 is 0 Å². The smallest absolute Gasteiger partial charge is 0.433 e. The minimum Gasteiger partial charge on any atom is -0.480 e. The summed E-state index contributed by atoms with van der Waals surface area (Å²) in [4.78, 5) is 10.4. The van der Waals surface area contributed by atoms with E-state index in [2.05, 4.69) is 5.10 Å². The quantitative estimate of drug-likeness (QED) is 0.721. The maximum absolute atomic E-state index is 12.3. The van der Waals surface area contributed by atoms with Gasteiger partial charge in [0.2, 0.25) is 0 Å². The average molecular weight is 237 g/mol. The first-order valence-electron chi connectivity index (χ1n) is 4.40. The van der Waals surface area contributed by atoms with Crippen LogP contribution >= 0.6 is 0 Å². The van der Waals surface area contributed by atoms with Gasteiger partial charge in [0.15, 0.2) is 0 Å². The summed E-state index contributed by atoms with van der Waals surface area (Å²) in [5.74, 6) is -1.24. The van der Waals surface area contributed by atoms with E-state index in [9.17, 15) is 18.0 Å². The Hall–Kier alpha value is -1.57. The molecular formula is C8H10F3N3O2. The number of carbonyl (C=O) groups is 1. The number of aryl methyl sites for hydroxylation is 1. The lowest BCUT2D eigenvalue weighted by Crippen LogP contribution is -2.30. The molecule has 1 atom stereocenters. The van der Waals surface area contributed by atoms with Gasteiger partial charge in [0.25, 0.3) is 0 Å². The van der Waals surface area contributed by atoms with E-state index in [1.165, 1.54) is 0 Å². The summed E-state index contributed by atoms with van der Waals surface area (Å²) in [6, 6.07) is -1.17. The topological polar surface area (TPSA) is 92.0 Å². The lowest BCUT2D eigenvalue weighted by Gasteiger charge is -2.08. The van der Waals surface area contributed by atoms with Crippen molar-refractivity contribution >= 4 is 5.97 Å². The molecule has 4 N–H and O–H groups in total. The molecule has 0 aliphatic carbocycles. The molecule has 0 aromatic carbocycles. The molecule has 1 rings (SSSR count). The fourth-order valence-corrected chi connectivity index (χ4v) is 1.18. The fourth-order valence-electron chi connectivity index (χ4n) is 1.18. The van der Waals surface area contributed by atoms with Gasteiger partial charge in [0.1, 0.15) is 11.7 Å². The van der Waals surface area contributed by atoms with Gasteiger partial charge in [0, 0.05) is 5.56 Å². The Kier molecular flexibility index (Phi) is 3.53. The zero-order valence-corrected chi connectivity index (χ0v) is 8.08. The SMILES string of the molecule is N[C@H](CCc1cn[nH]c1C(F)(F)F)C(=O)O. The number of aliphatic carboxylic acids is 1. The minimum absolute atomic E-state index is 0.0715. The van der Waals surface area contributed by atoms with Gasteiger partial charge in [-0.2, -0.15) is 18.3 Å². The zero-order valence-electron chi connectivity index (χ0n) is 8.08. The molecule has 16 heavy (non-hydrogen) atoms. The van der Waals surface area contributed by atoms with Crippen LogP contribution < -0.4 is 5.73 Å². The van der Waals surface area contributed by atoms with Crippen molar-refractivity contribution in [1.82, 2.24) is 10.2 Å². The van der Waals surface area contributed by atoms with E-state index in [0.717, 1.165) is 6.20 Å². The standard InChI is InChI=1S/C8H10F3N3O2/c9-8(10,11)6-4(3-13-14-6)1-2-5(12)7(15)16/h3,5H,1-2,12H2,(H,13,14)(H,15,16)/t5-/m1/s1. The molecule has 1 heterocycles. The number of H-pyrrole nitrogens is 1. The molecule has 90 valence electrons. The van der Waals surface area contributed by atoms with Crippen molar-refractivity contribution in [2.24, 2.45) is 5.73 Å². The molecule has 0 aliphatic heterocycles. The van der Waals surface area contributed by atoms with E-state index in [1.807, 2.05) is 5.10 Å². The Morgan fingerprint density at radius 2 is 2.25 bits per heavy atom. The lowest BCUT2D eigenvalue weighted by molar-refractivity contribution is -0.141. The maximum atomic E-state index is 12.3. The van der Waals surface area contributed by atoms with Crippen LogP contribution in [0.3, 0.4) is 0 Å². The van der Waals surface area contributed by atoms with Gasteiger partial charge >= 0.3 is 12.1 Å². The van der Waals surface area contributed by atoms with Crippen LogP contribution in [0.15, 0.2) is 6.20 Å². The van der Waals surface area contributed by atoms with Crippen LogP contribution in [0, 0.1) is 0 Å². The molecule has 1 aromatic heterocycles. The summed E-state index contributed by atoms with van der Waals surface area (Å²) in [5, 5.41) is 13.6. The van der Waals surface area contributed by atoms with Crippen LogP contribution in [-0.4, -0.2) is 27.3 Å². The number of alkyl halides is 3. The highest BCUT2D eigenvalue weighted by atomic mass is 19.4. The third-order valence-corrected chi connectivity index (χ3v) is 2.04. The highest BCUT2D eigenvalue weighted by Crippen LogP contribution is 2.30. The molecular weight excluding hydrogens is 227 g/mol. The number of carboxylic acids is 1. The van der Waals surface area contributed by atoms with Gasteiger partial charge in [-0.05, 0) is 12.8 Å². The average Bonchev–Trinajstić information content (AvgIpc) is 2.60. The maximum Gasteiger partial charge on any atom is 0.433 e. The molecule has 0 amide bonds. The van der Waals surface area contributed by atoms with Crippen LogP contribution in [0.4, 0.5) is 13.2 Å². The van der Waals surface area contributed by atoms with Crippen LogP contribution in [0.2, 0.25) is 0 Å². The largest absolute Gasteiger partial charge is 0.480 e.